The lowest BCUT2D eigenvalue weighted by atomic mass is 9.86. The number of carbonyl (C=O) groups is 11. The summed E-state index contributed by atoms with van der Waals surface area (Å²) in [6.07, 6.45) is 1.74. The van der Waals surface area contributed by atoms with E-state index in [1.165, 1.54) is 56.2 Å². The number of phenolic OH excluding ortho intramolecular Hbond substituents is 1. The predicted molar refractivity (Wildman–Crippen MR) is 343 cm³/mol. The summed E-state index contributed by atoms with van der Waals surface area (Å²) >= 11 is 0. The van der Waals surface area contributed by atoms with Gasteiger partial charge in [-0.2, -0.15) is 0 Å². The van der Waals surface area contributed by atoms with Gasteiger partial charge in [0.1, 0.15) is 11.8 Å². The number of hydrogen-bond donors (Lipinski definition) is 16. The third kappa shape index (κ3) is 28.2. The Morgan fingerprint density at radius 2 is 1.02 bits per heavy atom. The van der Waals surface area contributed by atoms with Gasteiger partial charge in [-0.15, -0.1) is 0 Å². The highest BCUT2D eigenvalue weighted by atomic mass is 16.3. The van der Waals surface area contributed by atoms with Gasteiger partial charge in [0.25, 0.3) is 0 Å². The first-order valence-corrected chi connectivity index (χ1v) is 31.2. The second-order valence-electron chi connectivity index (χ2n) is 24.1. The molecule has 12 atom stereocenters. The molecular weight excluding hydrogens is 1210 g/mol. The number of imidazole rings is 2. The van der Waals surface area contributed by atoms with Crippen molar-refractivity contribution in [2.45, 2.75) is 167 Å². The van der Waals surface area contributed by atoms with Crippen LogP contribution in [0.2, 0.25) is 0 Å². The number of aliphatic imine (C=N–C) groups is 2. The molecular formula is C62H97N17O14. The highest BCUT2D eigenvalue weighted by molar-refractivity contribution is 6.00. The van der Waals surface area contributed by atoms with Crippen LogP contribution in [0.5, 0.6) is 5.75 Å². The first kappa shape index (κ1) is 78.3. The molecule has 514 valence electrons. The number of aromatic nitrogens is 4. The number of nitrogens with zero attached hydrogens (tertiary/aromatic N) is 4. The molecule has 31 nitrogen and oxygen atoms in total. The third-order valence-corrected chi connectivity index (χ3v) is 16.0. The van der Waals surface area contributed by atoms with E-state index in [0.717, 1.165) is 0 Å². The average Bonchev–Trinajstić information content (AvgIpc) is 2.79. The van der Waals surface area contributed by atoms with Crippen molar-refractivity contribution in [2.24, 2.45) is 85.8 Å². The van der Waals surface area contributed by atoms with E-state index in [2.05, 4.69) is 56.5 Å². The number of nitrogens with one attached hydrogen (secondary N) is 7. The van der Waals surface area contributed by atoms with E-state index in [1.54, 1.807) is 20.9 Å². The highest BCUT2D eigenvalue weighted by Gasteiger charge is 2.38. The normalized spacial score (nSPS) is 15.2. The molecule has 0 fully saturated rings. The van der Waals surface area contributed by atoms with Gasteiger partial charge in [0.05, 0.1) is 67.8 Å². The Labute approximate surface area is 540 Å². The summed E-state index contributed by atoms with van der Waals surface area (Å²) in [6, 6.07) is -0.890. The maximum Gasteiger partial charge on any atom is 0.226 e. The Bertz CT molecular complexity index is 2980. The van der Waals surface area contributed by atoms with Crippen LogP contribution in [0.1, 0.15) is 129 Å². The minimum Gasteiger partial charge on any atom is -0.508 e. The number of aliphatic hydroxyl groups is 2. The number of Topliss-reactive ketones (excluding diaryl/α,β-unsaturated/α-hetero) is 5. The molecule has 1 aromatic carbocycles. The van der Waals surface area contributed by atoms with Crippen molar-refractivity contribution in [3.63, 3.8) is 0 Å². The Hall–Kier alpha value is -8.97. The zero-order valence-electron chi connectivity index (χ0n) is 53.9. The summed E-state index contributed by atoms with van der Waals surface area (Å²) in [5.74, 6) is -15.7. The molecule has 1 unspecified atom stereocenters. The second-order valence-corrected chi connectivity index (χ2v) is 24.1. The number of aromatic amines is 2. The van der Waals surface area contributed by atoms with E-state index in [0.29, 0.717) is 36.2 Å². The molecule has 0 saturated heterocycles. The predicted octanol–water partition coefficient (Wildman–Crippen LogP) is -1.80. The first-order valence-electron chi connectivity index (χ1n) is 31.2. The molecule has 3 aromatic rings. The molecule has 0 aliphatic heterocycles. The number of guanidine groups is 2. The van der Waals surface area contributed by atoms with Crippen LogP contribution in [0.15, 0.2) is 59.3 Å². The van der Waals surface area contributed by atoms with E-state index >= 15 is 0 Å². The van der Waals surface area contributed by atoms with Crippen LogP contribution in [0.4, 0.5) is 0 Å². The molecule has 0 bridgehead atoms. The average molecular weight is 1300 g/mol. The Morgan fingerprint density at radius 1 is 0.548 bits per heavy atom. The van der Waals surface area contributed by atoms with E-state index < -0.39 is 163 Å². The van der Waals surface area contributed by atoms with Crippen molar-refractivity contribution in [3.8, 4) is 5.75 Å². The number of phenols is 1. The monoisotopic (exact) mass is 1300 g/mol. The van der Waals surface area contributed by atoms with Crippen LogP contribution in [0.25, 0.3) is 0 Å². The number of hydrogen-bond acceptors (Lipinski definition) is 19. The minimum absolute atomic E-state index is 0.0493. The third-order valence-electron chi connectivity index (χ3n) is 16.0. The number of nitrogens with two attached hydrogens (primary N) is 6. The zero-order valence-corrected chi connectivity index (χ0v) is 53.9. The van der Waals surface area contributed by atoms with Crippen molar-refractivity contribution < 1.29 is 68.1 Å². The van der Waals surface area contributed by atoms with Crippen LogP contribution in [0.3, 0.4) is 0 Å². The van der Waals surface area contributed by atoms with Crippen LogP contribution >= 0.6 is 0 Å². The van der Waals surface area contributed by atoms with E-state index in [4.69, 9.17) is 34.4 Å². The molecule has 2 heterocycles. The molecule has 31 heteroatoms. The van der Waals surface area contributed by atoms with Crippen molar-refractivity contribution in [1.29, 1.82) is 0 Å². The van der Waals surface area contributed by atoms with Crippen molar-refractivity contribution in [2.75, 3.05) is 26.7 Å². The van der Waals surface area contributed by atoms with Gasteiger partial charge in [-0.05, 0) is 82.0 Å². The summed E-state index contributed by atoms with van der Waals surface area (Å²) in [6.45, 7) is 7.69. The number of aromatic hydroxyl groups is 1. The van der Waals surface area contributed by atoms with Gasteiger partial charge in [-0.1, -0.05) is 46.2 Å². The number of primary amides is 2. The molecule has 0 aliphatic carbocycles. The standard InChI is InChI=1S/C62H97N17O14/c1-7-34(4)54(51(86)22-38(56(64)89)20-42-28-70-31-74-42)78-59(92)40(19-36-12-14-44(82)15-13-36)24-49(84)47(27-53(63)88)77-57(90)37(10-8-16-72-61(65)66)21-52(87)55(35(5)81)79-60(93)41(30-80)25-50(85)46(26-43-29-71-32-75-43)76-58(91)39(18-33(2)3)23-48(83)45(69-6)11-9-17-73-62(67)68/h12-15,28-29,31-35,37-41,45-47,54-55,69,80-82H,7-11,16-27,30H2,1-6H3,(H2,63,88)(H2,64,89)(H,70,74)(H,71,75)(H,76,91)(H,77,90)(H,78,92)(H,79,93)(H4,65,66,72)(H4,67,68,73)/t34-,35+,37+,38?,39+,40+,41-,45-,46-,47-,54-,55-/m0/s1. The second kappa shape index (κ2) is 40.1. The maximum absolute atomic E-state index is 14.5. The Kier molecular flexibility index (Phi) is 33.8. The van der Waals surface area contributed by atoms with Gasteiger partial charge in [-0.25, -0.2) is 9.97 Å². The fourth-order valence-corrected chi connectivity index (χ4v) is 10.6. The highest BCUT2D eigenvalue weighted by Crippen LogP contribution is 2.24. The molecule has 0 saturated carbocycles. The summed E-state index contributed by atoms with van der Waals surface area (Å²) in [7, 11) is 1.61. The summed E-state index contributed by atoms with van der Waals surface area (Å²) in [4.78, 5) is 175. The van der Waals surface area contributed by atoms with Crippen LogP contribution in [-0.4, -0.2) is 175 Å². The number of amides is 6. The fourth-order valence-electron chi connectivity index (χ4n) is 10.6. The molecule has 93 heavy (non-hydrogen) atoms. The quantitative estimate of drug-likeness (QED) is 0.0169. The maximum atomic E-state index is 14.5. The summed E-state index contributed by atoms with van der Waals surface area (Å²) in [5.41, 5.74) is 34.7. The number of H-pyrrole nitrogens is 2. The van der Waals surface area contributed by atoms with Gasteiger partial charge >= 0.3 is 0 Å². The summed E-state index contributed by atoms with van der Waals surface area (Å²) in [5, 5.41) is 45.1. The topological polar surface area (TPSA) is 547 Å². The van der Waals surface area contributed by atoms with E-state index in [9.17, 15) is 68.1 Å². The molecule has 0 spiro atoms. The number of benzene rings is 1. The van der Waals surface area contributed by atoms with Crippen molar-refractivity contribution in [3.05, 3.63) is 66.3 Å². The first-order chi connectivity index (χ1) is 44.0. The lowest BCUT2D eigenvalue weighted by Gasteiger charge is -2.28. The number of likely N-dealkylation sites (N-methyl/N-ethyl adjacent to an activating group) is 1. The van der Waals surface area contributed by atoms with Crippen LogP contribution < -0.4 is 61.0 Å². The van der Waals surface area contributed by atoms with Gasteiger partial charge in [0.15, 0.2) is 40.8 Å². The molecule has 2 aromatic heterocycles. The zero-order chi connectivity index (χ0) is 69.5. The minimum atomic E-state index is -1.77. The molecule has 22 N–H and O–H groups in total. The van der Waals surface area contributed by atoms with E-state index in [-0.39, 0.29) is 93.8 Å². The molecule has 0 aliphatic rings. The number of rotatable bonds is 47. The smallest absolute Gasteiger partial charge is 0.226 e. The largest absolute Gasteiger partial charge is 0.508 e. The molecule has 3 rings (SSSR count). The van der Waals surface area contributed by atoms with Gasteiger partial charge in [-0.3, -0.25) is 62.7 Å². The molecule has 6 amide bonds. The lowest BCUT2D eigenvalue weighted by Crippen LogP contribution is -2.52. The number of ketones is 5. The molecule has 0 radical (unpaired) electrons. The summed E-state index contributed by atoms with van der Waals surface area (Å²) < 4.78 is 0. The Balaban J connectivity index is 1.92. The van der Waals surface area contributed by atoms with Gasteiger partial charge in [0.2, 0.25) is 35.4 Å². The van der Waals surface area contributed by atoms with Crippen molar-refractivity contribution >= 4 is 76.3 Å². The number of carbonyl (C=O) groups excluding carboxylic acids is 11. The number of aliphatic hydroxyl groups excluding tert-OH is 2. The SMILES string of the molecule is CC[C@H](C)[C@H](NC(=O)[C@@H](CC(=O)[C@H](CC(N)=O)NC(=O)[C@H](CCCN=C(N)N)CC(=O)[C@@H](NC(=O)[C@H](CO)CC(=O)[C@H](Cc1cnc[nH]1)NC(=O)[C@@H](CC(=O)[C@H](CCCN=C(N)N)NC)CC(C)C)[C@@H](C)O)Cc1ccc(O)cc1)C(=O)CC(Cc1cnc[nH]1)C(N)=O. The van der Waals surface area contributed by atoms with Crippen molar-refractivity contribution in [1.82, 2.24) is 46.5 Å². The lowest BCUT2D eigenvalue weighted by molar-refractivity contribution is -0.138. The van der Waals surface area contributed by atoms with E-state index in [1.807, 2.05) is 13.8 Å². The van der Waals surface area contributed by atoms with Gasteiger partial charge in [0, 0.05) is 99.6 Å². The van der Waals surface area contributed by atoms with Gasteiger partial charge < -0.3 is 86.3 Å². The van der Waals surface area contributed by atoms with Crippen LogP contribution in [-0.2, 0) is 72.0 Å². The fraction of sp³-hybridized carbons (Fsp3) is 0.597. The Morgan fingerprint density at radius 3 is 1.54 bits per heavy atom. The van der Waals surface area contributed by atoms with Crippen LogP contribution in [0, 0.1) is 41.4 Å².